The van der Waals surface area contributed by atoms with E-state index in [4.69, 9.17) is 18.0 Å². The Hall–Kier alpha value is -2.01. The maximum absolute atomic E-state index is 5.58. The molecule has 1 aromatic heterocycles. The summed E-state index contributed by atoms with van der Waals surface area (Å²) in [7, 11) is 1.96. The van der Waals surface area contributed by atoms with Gasteiger partial charge in [0.1, 0.15) is 4.99 Å². The van der Waals surface area contributed by atoms with Crippen molar-refractivity contribution in [2.45, 2.75) is 6.54 Å². The van der Waals surface area contributed by atoms with E-state index in [0.29, 0.717) is 4.99 Å². The molecule has 2 N–H and O–H groups in total. The zero-order chi connectivity index (χ0) is 13.0. The van der Waals surface area contributed by atoms with Crippen LogP contribution in [-0.4, -0.2) is 22.2 Å². The molecule has 2 rings (SSSR count). The topological polar surface area (TPSA) is 55.0 Å². The molecule has 2 aromatic rings. The average Bonchev–Trinajstić information content (AvgIpc) is 2.40. The predicted octanol–water partition coefficient (Wildman–Crippen LogP) is 1.75. The fourth-order valence-corrected chi connectivity index (χ4v) is 1.73. The Morgan fingerprint density at radius 2 is 2.06 bits per heavy atom. The van der Waals surface area contributed by atoms with Crippen LogP contribution in [0.25, 0.3) is 0 Å². The van der Waals surface area contributed by atoms with Crippen LogP contribution in [0, 0.1) is 0 Å². The number of rotatable bonds is 4. The maximum atomic E-state index is 5.58. The minimum atomic E-state index is 0.333. The van der Waals surface area contributed by atoms with Crippen molar-refractivity contribution in [3.63, 3.8) is 0 Å². The van der Waals surface area contributed by atoms with E-state index in [2.05, 4.69) is 22.3 Å². The van der Waals surface area contributed by atoms with Gasteiger partial charge in [-0.2, -0.15) is 5.10 Å². The molecule has 0 amide bonds. The van der Waals surface area contributed by atoms with Crippen LogP contribution in [0.15, 0.2) is 42.6 Å². The Balaban J connectivity index is 2.16. The number of anilines is 1. The van der Waals surface area contributed by atoms with Crippen molar-refractivity contribution in [2.24, 2.45) is 5.73 Å². The quantitative estimate of drug-likeness (QED) is 0.847. The van der Waals surface area contributed by atoms with Crippen LogP contribution in [0.3, 0.4) is 0 Å². The van der Waals surface area contributed by atoms with Gasteiger partial charge in [0, 0.05) is 19.2 Å². The van der Waals surface area contributed by atoms with Crippen molar-refractivity contribution in [1.29, 1.82) is 0 Å². The summed E-state index contributed by atoms with van der Waals surface area (Å²) in [6.07, 6.45) is 1.57. The largest absolute Gasteiger partial charge is 0.389 e. The number of hydrogen-bond donors (Lipinski definition) is 1. The fourth-order valence-electron chi connectivity index (χ4n) is 1.62. The molecule has 4 nitrogen and oxygen atoms in total. The zero-order valence-electron chi connectivity index (χ0n) is 10.1. The Bertz CT molecular complexity index is 542. The predicted molar refractivity (Wildman–Crippen MR) is 76.5 cm³/mol. The van der Waals surface area contributed by atoms with Gasteiger partial charge in [-0.1, -0.05) is 42.5 Å². The lowest BCUT2D eigenvalue weighted by Crippen LogP contribution is -2.19. The number of nitrogens with two attached hydrogens (primary N) is 1. The van der Waals surface area contributed by atoms with Crippen LogP contribution in [0.4, 0.5) is 5.82 Å². The first-order valence-electron chi connectivity index (χ1n) is 5.54. The highest BCUT2D eigenvalue weighted by Gasteiger charge is 2.06. The minimum Gasteiger partial charge on any atom is -0.389 e. The lowest BCUT2D eigenvalue weighted by molar-refractivity contribution is 0.865. The van der Waals surface area contributed by atoms with Crippen molar-refractivity contribution in [2.75, 3.05) is 11.9 Å². The van der Waals surface area contributed by atoms with E-state index in [-0.39, 0.29) is 0 Å². The van der Waals surface area contributed by atoms with Crippen molar-refractivity contribution < 1.29 is 0 Å². The van der Waals surface area contributed by atoms with Gasteiger partial charge in [-0.05, 0) is 11.6 Å². The van der Waals surface area contributed by atoms with E-state index in [9.17, 15) is 0 Å². The average molecular weight is 258 g/mol. The summed E-state index contributed by atoms with van der Waals surface area (Å²) in [5.74, 6) is 0.754. The van der Waals surface area contributed by atoms with Crippen molar-refractivity contribution in [1.82, 2.24) is 10.2 Å². The van der Waals surface area contributed by atoms with Crippen LogP contribution in [0.5, 0.6) is 0 Å². The monoisotopic (exact) mass is 258 g/mol. The molecule has 5 heteroatoms. The van der Waals surface area contributed by atoms with E-state index in [1.807, 2.05) is 36.2 Å². The zero-order valence-corrected chi connectivity index (χ0v) is 10.9. The van der Waals surface area contributed by atoms with Gasteiger partial charge in [0.2, 0.25) is 0 Å². The molecule has 0 fully saturated rings. The molecule has 1 aromatic carbocycles. The standard InChI is InChI=1S/C13H14N4S/c1-17(9-10-5-3-2-4-6-10)12-7-11(13(14)18)8-15-16-12/h2-8H,9H2,1H3,(H2,14,18). The molecule has 0 unspecified atom stereocenters. The number of hydrogen-bond acceptors (Lipinski definition) is 4. The van der Waals surface area contributed by atoms with Gasteiger partial charge in [-0.25, -0.2) is 0 Å². The SMILES string of the molecule is CN(Cc1ccccc1)c1cc(C(N)=S)cnn1. The first-order chi connectivity index (χ1) is 8.66. The van der Waals surface area contributed by atoms with Crippen LogP contribution < -0.4 is 10.6 Å². The molecule has 0 radical (unpaired) electrons. The van der Waals surface area contributed by atoms with Gasteiger partial charge in [-0.3, -0.25) is 0 Å². The van der Waals surface area contributed by atoms with Crippen LogP contribution in [0.2, 0.25) is 0 Å². The molecule has 0 saturated carbocycles. The normalized spacial score (nSPS) is 10.1. The lowest BCUT2D eigenvalue weighted by Gasteiger charge is -2.17. The second-order valence-corrected chi connectivity index (χ2v) is 4.45. The molecule has 0 aliphatic rings. The second kappa shape index (κ2) is 5.55. The Labute approximate surface area is 111 Å². The fraction of sp³-hybridized carbons (Fsp3) is 0.154. The summed E-state index contributed by atoms with van der Waals surface area (Å²) in [5, 5.41) is 7.99. The smallest absolute Gasteiger partial charge is 0.151 e. The molecule has 0 aliphatic heterocycles. The highest BCUT2D eigenvalue weighted by molar-refractivity contribution is 7.80. The first kappa shape index (κ1) is 12.4. The lowest BCUT2D eigenvalue weighted by atomic mass is 10.2. The number of aromatic nitrogens is 2. The summed E-state index contributed by atoms with van der Waals surface area (Å²) in [6, 6.07) is 12.0. The third kappa shape index (κ3) is 3.01. The Morgan fingerprint density at radius 1 is 1.33 bits per heavy atom. The molecule has 0 aliphatic carbocycles. The van der Waals surface area contributed by atoms with Crippen LogP contribution in [-0.2, 0) is 6.54 Å². The van der Waals surface area contributed by atoms with E-state index in [1.54, 1.807) is 6.20 Å². The third-order valence-electron chi connectivity index (χ3n) is 2.58. The van der Waals surface area contributed by atoms with Crippen LogP contribution >= 0.6 is 12.2 Å². The summed E-state index contributed by atoms with van der Waals surface area (Å²) >= 11 is 4.93. The molecule has 0 bridgehead atoms. The summed E-state index contributed by atoms with van der Waals surface area (Å²) in [5.41, 5.74) is 7.52. The number of benzene rings is 1. The Morgan fingerprint density at radius 3 is 2.72 bits per heavy atom. The van der Waals surface area contributed by atoms with E-state index >= 15 is 0 Å². The maximum Gasteiger partial charge on any atom is 0.151 e. The molecule has 0 spiro atoms. The van der Waals surface area contributed by atoms with E-state index in [1.165, 1.54) is 5.56 Å². The first-order valence-corrected chi connectivity index (χ1v) is 5.95. The van der Waals surface area contributed by atoms with Gasteiger partial charge in [-0.15, -0.1) is 5.10 Å². The highest BCUT2D eigenvalue weighted by atomic mass is 32.1. The highest BCUT2D eigenvalue weighted by Crippen LogP contribution is 2.13. The van der Waals surface area contributed by atoms with Crippen molar-refractivity contribution in [3.05, 3.63) is 53.7 Å². The van der Waals surface area contributed by atoms with E-state index < -0.39 is 0 Å². The summed E-state index contributed by atoms with van der Waals surface area (Å²) < 4.78 is 0. The van der Waals surface area contributed by atoms with Gasteiger partial charge >= 0.3 is 0 Å². The third-order valence-corrected chi connectivity index (χ3v) is 2.82. The Kier molecular flexibility index (Phi) is 3.84. The van der Waals surface area contributed by atoms with Crippen molar-refractivity contribution in [3.8, 4) is 0 Å². The van der Waals surface area contributed by atoms with E-state index in [0.717, 1.165) is 17.9 Å². The molecular weight excluding hydrogens is 244 g/mol. The molecule has 0 saturated heterocycles. The second-order valence-electron chi connectivity index (χ2n) is 4.01. The van der Waals surface area contributed by atoms with Crippen LogP contribution in [0.1, 0.15) is 11.1 Å². The number of thiocarbonyl (C=S) groups is 1. The van der Waals surface area contributed by atoms with Crippen molar-refractivity contribution >= 4 is 23.0 Å². The molecule has 92 valence electrons. The molecular formula is C13H14N4S. The van der Waals surface area contributed by atoms with Gasteiger partial charge in [0.25, 0.3) is 0 Å². The summed E-state index contributed by atoms with van der Waals surface area (Å²) in [4.78, 5) is 2.34. The van der Waals surface area contributed by atoms with Gasteiger partial charge in [0.15, 0.2) is 5.82 Å². The summed E-state index contributed by atoms with van der Waals surface area (Å²) in [6.45, 7) is 0.760. The van der Waals surface area contributed by atoms with Gasteiger partial charge in [0.05, 0.1) is 6.20 Å². The number of nitrogens with zero attached hydrogens (tertiary/aromatic N) is 3. The minimum absolute atomic E-state index is 0.333. The van der Waals surface area contributed by atoms with Gasteiger partial charge < -0.3 is 10.6 Å². The molecule has 18 heavy (non-hydrogen) atoms. The molecule has 0 atom stereocenters. The molecule has 1 heterocycles.